The Bertz CT molecular complexity index is 746. The number of nitrogens with zero attached hydrogens (tertiary/aromatic N) is 2. The number of hydrogen-bond acceptors (Lipinski definition) is 3. The van der Waals surface area contributed by atoms with Gasteiger partial charge >= 0.3 is 0 Å². The van der Waals surface area contributed by atoms with Gasteiger partial charge in [0.2, 0.25) is 5.88 Å². The SMILES string of the molecule is CCCc1cc(OCc2cc(F)ccc2F)n(CCC2(O)CCCC2)n1.Cl. The molecule has 0 bridgehead atoms. The molecule has 0 atom stereocenters. The predicted molar refractivity (Wildman–Crippen MR) is 102 cm³/mol. The van der Waals surface area contributed by atoms with Crippen molar-refractivity contribution in [2.24, 2.45) is 0 Å². The second-order valence-corrected chi connectivity index (χ2v) is 7.15. The van der Waals surface area contributed by atoms with E-state index in [1.54, 1.807) is 4.68 Å². The summed E-state index contributed by atoms with van der Waals surface area (Å²) in [5, 5.41) is 15.1. The molecule has 1 saturated carbocycles. The number of hydrogen-bond donors (Lipinski definition) is 1. The van der Waals surface area contributed by atoms with Gasteiger partial charge < -0.3 is 9.84 Å². The second-order valence-electron chi connectivity index (χ2n) is 7.15. The first kappa shape index (κ1) is 21.6. The van der Waals surface area contributed by atoms with Gasteiger partial charge in [-0.05, 0) is 43.9 Å². The topological polar surface area (TPSA) is 47.3 Å². The molecule has 7 heteroatoms. The highest BCUT2D eigenvalue weighted by molar-refractivity contribution is 5.85. The van der Waals surface area contributed by atoms with E-state index in [1.807, 2.05) is 6.07 Å². The molecular weight excluding hydrogens is 374 g/mol. The lowest BCUT2D eigenvalue weighted by molar-refractivity contribution is 0.0326. The highest BCUT2D eigenvalue weighted by atomic mass is 35.5. The number of halogens is 3. The maximum atomic E-state index is 13.8. The first-order chi connectivity index (χ1) is 12.5. The Balaban J connectivity index is 0.00000261. The monoisotopic (exact) mass is 400 g/mol. The molecule has 1 aliphatic rings. The van der Waals surface area contributed by atoms with E-state index in [1.165, 1.54) is 0 Å². The molecule has 0 unspecified atom stereocenters. The number of ether oxygens (including phenoxy) is 1. The lowest BCUT2D eigenvalue weighted by Gasteiger charge is -2.22. The second kappa shape index (κ2) is 9.51. The average Bonchev–Trinajstić information content (AvgIpc) is 3.21. The molecule has 1 aliphatic carbocycles. The Labute approximate surface area is 164 Å². The number of aromatic nitrogens is 2. The highest BCUT2D eigenvalue weighted by Gasteiger charge is 2.31. The third kappa shape index (κ3) is 5.66. The van der Waals surface area contributed by atoms with Gasteiger partial charge in [0.15, 0.2) is 0 Å². The molecule has 4 nitrogen and oxygen atoms in total. The summed E-state index contributed by atoms with van der Waals surface area (Å²) in [5.74, 6) is -0.459. The first-order valence-electron chi connectivity index (χ1n) is 9.35. The smallest absolute Gasteiger partial charge is 0.212 e. The molecular formula is C20H27ClF2N2O2. The van der Waals surface area contributed by atoms with E-state index >= 15 is 0 Å². The number of aliphatic hydroxyl groups is 1. The fourth-order valence-corrected chi connectivity index (χ4v) is 3.51. The van der Waals surface area contributed by atoms with Crippen molar-refractivity contribution in [3.63, 3.8) is 0 Å². The van der Waals surface area contributed by atoms with E-state index in [2.05, 4.69) is 12.0 Å². The molecule has 1 aromatic carbocycles. The fraction of sp³-hybridized carbons (Fsp3) is 0.550. The minimum absolute atomic E-state index is 0. The molecule has 0 spiro atoms. The summed E-state index contributed by atoms with van der Waals surface area (Å²) >= 11 is 0. The lowest BCUT2D eigenvalue weighted by Crippen LogP contribution is -2.26. The van der Waals surface area contributed by atoms with Crippen molar-refractivity contribution in [3.05, 3.63) is 47.2 Å². The van der Waals surface area contributed by atoms with Crippen LogP contribution in [0.4, 0.5) is 8.78 Å². The van der Waals surface area contributed by atoms with Gasteiger partial charge in [-0.3, -0.25) is 0 Å². The Hall–Kier alpha value is -1.66. The van der Waals surface area contributed by atoms with E-state index in [9.17, 15) is 13.9 Å². The van der Waals surface area contributed by atoms with Gasteiger partial charge in [-0.1, -0.05) is 26.2 Å². The summed E-state index contributed by atoms with van der Waals surface area (Å²) in [6.45, 7) is 2.55. The zero-order valence-electron chi connectivity index (χ0n) is 15.6. The van der Waals surface area contributed by atoms with Crippen molar-refractivity contribution in [2.75, 3.05) is 0 Å². The largest absolute Gasteiger partial charge is 0.473 e. The molecule has 3 rings (SSSR count). The van der Waals surface area contributed by atoms with E-state index < -0.39 is 17.2 Å². The van der Waals surface area contributed by atoms with Gasteiger partial charge in [-0.2, -0.15) is 5.10 Å². The summed E-state index contributed by atoms with van der Waals surface area (Å²) < 4.78 is 34.6. The zero-order valence-corrected chi connectivity index (χ0v) is 16.4. The van der Waals surface area contributed by atoms with Crippen LogP contribution in [0.2, 0.25) is 0 Å². The van der Waals surface area contributed by atoms with Crippen molar-refractivity contribution < 1.29 is 18.6 Å². The summed E-state index contributed by atoms with van der Waals surface area (Å²) in [6, 6.07) is 5.18. The third-order valence-corrected chi connectivity index (χ3v) is 5.01. The van der Waals surface area contributed by atoms with Crippen LogP contribution in [0, 0.1) is 11.6 Å². The van der Waals surface area contributed by atoms with Crippen LogP contribution in [-0.2, 0) is 19.6 Å². The van der Waals surface area contributed by atoms with E-state index in [0.717, 1.165) is 62.4 Å². The molecule has 150 valence electrons. The fourth-order valence-electron chi connectivity index (χ4n) is 3.51. The van der Waals surface area contributed by atoms with Crippen LogP contribution >= 0.6 is 12.4 Å². The molecule has 1 heterocycles. The molecule has 1 fully saturated rings. The number of benzene rings is 1. The highest BCUT2D eigenvalue weighted by Crippen LogP contribution is 2.33. The van der Waals surface area contributed by atoms with Gasteiger partial charge in [0.05, 0.1) is 11.3 Å². The van der Waals surface area contributed by atoms with Crippen LogP contribution in [0.15, 0.2) is 24.3 Å². The van der Waals surface area contributed by atoms with Gasteiger partial charge in [0.1, 0.15) is 18.2 Å². The molecule has 1 aromatic heterocycles. The Kier molecular flexibility index (Phi) is 7.62. The van der Waals surface area contributed by atoms with E-state index in [0.29, 0.717) is 18.8 Å². The van der Waals surface area contributed by atoms with Gasteiger partial charge in [-0.25, -0.2) is 13.5 Å². The molecule has 2 aromatic rings. The van der Waals surface area contributed by atoms with Crippen LogP contribution in [0.5, 0.6) is 5.88 Å². The Morgan fingerprint density at radius 3 is 2.67 bits per heavy atom. The predicted octanol–water partition coefficient (Wildman–Crippen LogP) is 4.81. The third-order valence-electron chi connectivity index (χ3n) is 5.01. The van der Waals surface area contributed by atoms with Crippen molar-refractivity contribution in [1.82, 2.24) is 9.78 Å². The van der Waals surface area contributed by atoms with Crippen molar-refractivity contribution in [3.8, 4) is 5.88 Å². The quantitative estimate of drug-likeness (QED) is 0.691. The molecule has 0 radical (unpaired) electrons. The molecule has 0 amide bonds. The average molecular weight is 401 g/mol. The summed E-state index contributed by atoms with van der Waals surface area (Å²) in [7, 11) is 0. The van der Waals surface area contributed by atoms with Crippen LogP contribution in [-0.4, -0.2) is 20.5 Å². The zero-order chi connectivity index (χ0) is 18.6. The number of aryl methyl sites for hydroxylation is 2. The number of rotatable bonds is 8. The molecule has 27 heavy (non-hydrogen) atoms. The standard InChI is InChI=1S/C20H26F2N2O2.ClH/c1-2-5-17-13-19(26-14-15-12-16(21)6-7-18(15)22)24(23-17)11-10-20(25)8-3-4-9-20;/h6-7,12-13,25H,2-5,8-11,14H2,1H3;1H. The lowest BCUT2D eigenvalue weighted by atomic mass is 9.98. The van der Waals surface area contributed by atoms with Crippen LogP contribution < -0.4 is 4.74 Å². The van der Waals surface area contributed by atoms with Gasteiger partial charge in [-0.15, -0.1) is 12.4 Å². The minimum Gasteiger partial charge on any atom is -0.473 e. The Morgan fingerprint density at radius 1 is 1.22 bits per heavy atom. The van der Waals surface area contributed by atoms with E-state index in [-0.39, 0.29) is 24.6 Å². The maximum absolute atomic E-state index is 13.8. The van der Waals surface area contributed by atoms with Gasteiger partial charge in [0.25, 0.3) is 0 Å². The van der Waals surface area contributed by atoms with Crippen LogP contribution in [0.1, 0.15) is 56.7 Å². The van der Waals surface area contributed by atoms with Crippen LogP contribution in [0.3, 0.4) is 0 Å². The summed E-state index contributed by atoms with van der Waals surface area (Å²) in [4.78, 5) is 0. The van der Waals surface area contributed by atoms with Crippen LogP contribution in [0.25, 0.3) is 0 Å². The minimum atomic E-state index is -0.622. The summed E-state index contributed by atoms with van der Waals surface area (Å²) in [6.07, 6.45) is 6.14. The van der Waals surface area contributed by atoms with Crippen molar-refractivity contribution >= 4 is 12.4 Å². The summed E-state index contributed by atoms with van der Waals surface area (Å²) in [5.41, 5.74) is 0.452. The normalized spacial score (nSPS) is 15.6. The van der Waals surface area contributed by atoms with Crippen molar-refractivity contribution in [2.45, 2.75) is 70.6 Å². The first-order valence-corrected chi connectivity index (χ1v) is 9.35. The van der Waals surface area contributed by atoms with Gasteiger partial charge in [0, 0.05) is 18.2 Å². The maximum Gasteiger partial charge on any atom is 0.212 e. The van der Waals surface area contributed by atoms with Crippen molar-refractivity contribution in [1.29, 1.82) is 0 Å². The molecule has 1 N–H and O–H groups in total. The Morgan fingerprint density at radius 2 is 1.96 bits per heavy atom. The van der Waals surface area contributed by atoms with E-state index in [4.69, 9.17) is 4.74 Å². The molecule has 0 saturated heterocycles. The molecule has 0 aliphatic heterocycles.